The molecule has 1 aliphatic rings. The number of likely N-dealkylation sites (tertiary alicyclic amines) is 1. The van der Waals surface area contributed by atoms with Gasteiger partial charge in [-0.1, -0.05) is 6.92 Å². The molecule has 0 bridgehead atoms. The van der Waals surface area contributed by atoms with Gasteiger partial charge in [0.15, 0.2) is 0 Å². The van der Waals surface area contributed by atoms with Gasteiger partial charge in [0.2, 0.25) is 5.91 Å². The molecule has 0 aromatic heterocycles. The fourth-order valence-electron chi connectivity index (χ4n) is 2.20. The van der Waals surface area contributed by atoms with Crippen LogP contribution in [0.1, 0.15) is 26.7 Å². The van der Waals surface area contributed by atoms with Crippen LogP contribution in [0.15, 0.2) is 0 Å². The highest BCUT2D eigenvalue weighted by molar-refractivity contribution is 5.78. The van der Waals surface area contributed by atoms with Crippen LogP contribution in [0, 0.1) is 5.92 Å². The standard InChI is InChI=1S/C11H23N3O2/c1-8(11(15)13-12)9(2)14-6-4-5-10(7-14)16-3/h8-10H,4-7,12H2,1-3H3,(H,13,15). The number of amides is 1. The second kappa shape index (κ2) is 6.18. The van der Waals surface area contributed by atoms with Crippen LogP contribution in [-0.2, 0) is 9.53 Å². The molecule has 1 aliphatic heterocycles. The lowest BCUT2D eigenvalue weighted by Crippen LogP contribution is -2.50. The Kier molecular flexibility index (Phi) is 5.18. The van der Waals surface area contributed by atoms with Gasteiger partial charge < -0.3 is 4.74 Å². The molecule has 3 N–H and O–H groups in total. The summed E-state index contributed by atoms with van der Waals surface area (Å²) < 4.78 is 5.37. The summed E-state index contributed by atoms with van der Waals surface area (Å²) in [7, 11) is 1.74. The van der Waals surface area contributed by atoms with E-state index in [2.05, 4.69) is 17.2 Å². The molecule has 1 saturated heterocycles. The van der Waals surface area contributed by atoms with Crippen LogP contribution < -0.4 is 11.3 Å². The van der Waals surface area contributed by atoms with Crippen LogP contribution in [0.5, 0.6) is 0 Å². The van der Waals surface area contributed by atoms with Gasteiger partial charge in [0.1, 0.15) is 0 Å². The second-order valence-corrected chi connectivity index (χ2v) is 4.53. The molecule has 1 rings (SSSR count). The number of nitrogens with zero attached hydrogens (tertiary/aromatic N) is 1. The quantitative estimate of drug-likeness (QED) is 0.408. The van der Waals surface area contributed by atoms with E-state index in [1.54, 1.807) is 7.11 Å². The molecule has 5 heteroatoms. The van der Waals surface area contributed by atoms with E-state index >= 15 is 0 Å². The smallest absolute Gasteiger partial charge is 0.238 e. The van der Waals surface area contributed by atoms with Crippen molar-refractivity contribution in [2.24, 2.45) is 11.8 Å². The summed E-state index contributed by atoms with van der Waals surface area (Å²) >= 11 is 0. The molecular formula is C11H23N3O2. The van der Waals surface area contributed by atoms with Gasteiger partial charge in [-0.05, 0) is 26.3 Å². The number of methoxy groups -OCH3 is 1. The molecule has 0 aromatic carbocycles. The zero-order valence-corrected chi connectivity index (χ0v) is 10.4. The molecule has 0 saturated carbocycles. The summed E-state index contributed by atoms with van der Waals surface area (Å²) in [6.45, 7) is 5.91. The van der Waals surface area contributed by atoms with Gasteiger partial charge in [0, 0.05) is 19.7 Å². The highest BCUT2D eigenvalue weighted by atomic mass is 16.5. The summed E-state index contributed by atoms with van der Waals surface area (Å²) in [6.07, 6.45) is 2.53. The predicted molar refractivity (Wildman–Crippen MR) is 62.6 cm³/mol. The van der Waals surface area contributed by atoms with Crippen molar-refractivity contribution in [1.82, 2.24) is 10.3 Å². The van der Waals surface area contributed by atoms with Crippen LogP contribution in [0.25, 0.3) is 0 Å². The molecule has 1 amide bonds. The monoisotopic (exact) mass is 229 g/mol. The average Bonchev–Trinajstić information content (AvgIpc) is 2.36. The van der Waals surface area contributed by atoms with Crippen molar-refractivity contribution in [3.8, 4) is 0 Å². The van der Waals surface area contributed by atoms with Crippen LogP contribution in [-0.4, -0.2) is 43.2 Å². The van der Waals surface area contributed by atoms with Crippen LogP contribution in [0.3, 0.4) is 0 Å². The zero-order valence-electron chi connectivity index (χ0n) is 10.4. The van der Waals surface area contributed by atoms with E-state index in [1.807, 2.05) is 6.92 Å². The maximum absolute atomic E-state index is 11.5. The molecule has 0 spiro atoms. The first-order chi connectivity index (χ1) is 7.60. The van der Waals surface area contributed by atoms with E-state index in [4.69, 9.17) is 10.6 Å². The van der Waals surface area contributed by atoms with Gasteiger partial charge in [-0.25, -0.2) is 5.84 Å². The van der Waals surface area contributed by atoms with Gasteiger partial charge in [-0.15, -0.1) is 0 Å². The Morgan fingerprint density at radius 1 is 1.56 bits per heavy atom. The first-order valence-electron chi connectivity index (χ1n) is 5.87. The number of piperidine rings is 1. The highest BCUT2D eigenvalue weighted by Crippen LogP contribution is 2.19. The molecule has 16 heavy (non-hydrogen) atoms. The molecule has 3 atom stereocenters. The lowest BCUT2D eigenvalue weighted by molar-refractivity contribution is -0.127. The molecular weight excluding hydrogens is 206 g/mol. The number of hydrogen-bond donors (Lipinski definition) is 2. The van der Waals surface area contributed by atoms with Gasteiger partial charge in [0.05, 0.1) is 12.0 Å². The van der Waals surface area contributed by atoms with Crippen LogP contribution >= 0.6 is 0 Å². The summed E-state index contributed by atoms with van der Waals surface area (Å²) in [5, 5.41) is 0. The van der Waals surface area contributed by atoms with Gasteiger partial charge in [-0.3, -0.25) is 15.1 Å². The largest absolute Gasteiger partial charge is 0.380 e. The Hall–Kier alpha value is -0.650. The van der Waals surface area contributed by atoms with Crippen LogP contribution in [0.4, 0.5) is 0 Å². The lowest BCUT2D eigenvalue weighted by Gasteiger charge is -2.38. The van der Waals surface area contributed by atoms with Crippen LogP contribution in [0.2, 0.25) is 0 Å². The Morgan fingerprint density at radius 2 is 2.25 bits per heavy atom. The fourth-order valence-corrected chi connectivity index (χ4v) is 2.20. The number of hydrogen-bond acceptors (Lipinski definition) is 4. The van der Waals surface area contributed by atoms with Crippen molar-refractivity contribution < 1.29 is 9.53 Å². The summed E-state index contributed by atoms with van der Waals surface area (Å²) in [6, 6.07) is 0.196. The molecule has 5 nitrogen and oxygen atoms in total. The minimum Gasteiger partial charge on any atom is -0.380 e. The zero-order chi connectivity index (χ0) is 12.1. The molecule has 1 heterocycles. The minimum absolute atomic E-state index is 0.0967. The minimum atomic E-state index is -0.105. The summed E-state index contributed by atoms with van der Waals surface area (Å²) in [5.41, 5.74) is 2.21. The number of ether oxygens (including phenoxy) is 1. The number of rotatable bonds is 4. The summed E-state index contributed by atoms with van der Waals surface area (Å²) in [4.78, 5) is 13.8. The van der Waals surface area contributed by atoms with Gasteiger partial charge in [0.25, 0.3) is 0 Å². The highest BCUT2D eigenvalue weighted by Gasteiger charge is 2.29. The van der Waals surface area contributed by atoms with E-state index in [-0.39, 0.29) is 17.9 Å². The average molecular weight is 229 g/mol. The number of carbonyl (C=O) groups excluding carboxylic acids is 1. The number of carbonyl (C=O) groups is 1. The Labute approximate surface area is 97.3 Å². The predicted octanol–water partition coefficient (Wildman–Crippen LogP) is 0.112. The summed E-state index contributed by atoms with van der Waals surface area (Å²) in [5.74, 6) is 4.95. The van der Waals surface area contributed by atoms with E-state index in [1.165, 1.54) is 0 Å². The van der Waals surface area contributed by atoms with Crippen molar-refractivity contribution in [2.45, 2.75) is 38.8 Å². The van der Waals surface area contributed by atoms with Crippen molar-refractivity contribution in [2.75, 3.05) is 20.2 Å². The normalized spacial score (nSPS) is 26.1. The van der Waals surface area contributed by atoms with Gasteiger partial charge >= 0.3 is 0 Å². The number of nitrogens with two attached hydrogens (primary N) is 1. The Morgan fingerprint density at radius 3 is 2.81 bits per heavy atom. The molecule has 94 valence electrons. The Balaban J connectivity index is 2.52. The van der Waals surface area contributed by atoms with Crippen molar-refractivity contribution >= 4 is 5.91 Å². The van der Waals surface area contributed by atoms with Crippen molar-refractivity contribution in [3.05, 3.63) is 0 Å². The van der Waals surface area contributed by atoms with E-state index in [0.717, 1.165) is 25.9 Å². The third kappa shape index (κ3) is 3.17. The van der Waals surface area contributed by atoms with Crippen molar-refractivity contribution in [3.63, 3.8) is 0 Å². The maximum atomic E-state index is 11.5. The number of nitrogens with one attached hydrogen (secondary N) is 1. The van der Waals surface area contributed by atoms with Gasteiger partial charge in [-0.2, -0.15) is 0 Å². The first kappa shape index (κ1) is 13.4. The maximum Gasteiger partial charge on any atom is 0.238 e. The van der Waals surface area contributed by atoms with E-state index in [0.29, 0.717) is 6.10 Å². The Bertz CT molecular complexity index is 235. The molecule has 0 aliphatic carbocycles. The first-order valence-corrected chi connectivity index (χ1v) is 5.87. The third-order valence-corrected chi connectivity index (χ3v) is 3.60. The third-order valence-electron chi connectivity index (χ3n) is 3.60. The molecule has 3 unspecified atom stereocenters. The molecule has 0 radical (unpaired) electrons. The van der Waals surface area contributed by atoms with E-state index in [9.17, 15) is 4.79 Å². The number of hydrazine groups is 1. The molecule has 1 fully saturated rings. The second-order valence-electron chi connectivity index (χ2n) is 4.53. The fraction of sp³-hybridized carbons (Fsp3) is 0.909. The lowest BCUT2D eigenvalue weighted by atomic mass is 9.98. The van der Waals surface area contributed by atoms with Crippen molar-refractivity contribution in [1.29, 1.82) is 0 Å². The molecule has 0 aromatic rings. The SMILES string of the molecule is COC1CCCN(C(C)C(C)C(=O)NN)C1. The van der Waals surface area contributed by atoms with E-state index < -0.39 is 0 Å². The topological polar surface area (TPSA) is 67.6 Å².